The van der Waals surface area contributed by atoms with Crippen LogP contribution in [0.3, 0.4) is 0 Å². The third-order valence-corrected chi connectivity index (χ3v) is 5.80. The van der Waals surface area contributed by atoms with Crippen molar-refractivity contribution in [2.75, 3.05) is 11.4 Å². The predicted octanol–water partition coefficient (Wildman–Crippen LogP) is 2.73. The molecule has 1 saturated carbocycles. The molecule has 30 heavy (non-hydrogen) atoms. The molecule has 1 aliphatic heterocycles. The molecule has 0 radical (unpaired) electrons. The van der Waals surface area contributed by atoms with Crippen LogP contribution in [0.5, 0.6) is 0 Å². The van der Waals surface area contributed by atoms with Gasteiger partial charge >= 0.3 is 0 Å². The first kappa shape index (κ1) is 17.3. The number of Topliss-reactive ketones (excluding diaryl/α,β-unsaturated/α-hetero) is 1. The summed E-state index contributed by atoms with van der Waals surface area (Å²) in [6, 6.07) is 4.42. The molecule has 0 aromatic carbocycles. The number of pyridine rings is 1. The molecule has 4 aromatic heterocycles. The second-order valence-corrected chi connectivity index (χ2v) is 7.78. The Morgan fingerprint density at radius 3 is 2.80 bits per heavy atom. The number of fused-ring (bicyclic) bond motifs is 2. The Bertz CT molecular complexity index is 1260. The summed E-state index contributed by atoms with van der Waals surface area (Å²) in [7, 11) is 0. The van der Waals surface area contributed by atoms with E-state index in [2.05, 4.69) is 25.0 Å². The number of rotatable bonds is 4. The highest BCUT2D eigenvalue weighted by Gasteiger charge is 2.35. The molecule has 6 rings (SSSR count). The monoisotopic (exact) mass is 403 g/mol. The first-order valence-corrected chi connectivity index (χ1v) is 9.98. The quantitative estimate of drug-likeness (QED) is 0.527. The Kier molecular flexibility index (Phi) is 3.71. The van der Waals surface area contributed by atoms with E-state index in [4.69, 9.17) is 0 Å². The third-order valence-electron chi connectivity index (χ3n) is 5.80. The lowest BCUT2D eigenvalue weighted by molar-refractivity contribution is 0.0967. The summed E-state index contributed by atoms with van der Waals surface area (Å²) in [6.45, 7) is 0.645. The highest BCUT2D eigenvalue weighted by atomic mass is 19.1. The zero-order chi connectivity index (χ0) is 20.2. The number of carbonyl (C=O) groups excluding carboxylic acids is 1. The normalized spacial score (nSPS) is 18.6. The number of hydrogen-bond donors (Lipinski definition) is 1. The molecule has 5 heterocycles. The van der Waals surface area contributed by atoms with Gasteiger partial charge in [-0.2, -0.15) is 5.10 Å². The van der Waals surface area contributed by atoms with E-state index in [-0.39, 0.29) is 23.6 Å². The van der Waals surface area contributed by atoms with Crippen molar-refractivity contribution in [3.63, 3.8) is 0 Å². The molecular formula is C21H18FN7O. The SMILES string of the molecule is O=C(c1cnc(N2CCc3[nH]cnc3[C@H]2c2cc3c(F)cccn3n2)nc1)C1CC1. The lowest BCUT2D eigenvalue weighted by atomic mass is 10.00. The standard InChI is InChI=1S/C21H18FN7O/c22-14-2-1-6-29-17(14)8-16(27-29)19-18-15(25-11-26-18)5-7-28(19)21-23-9-13(10-24-21)20(30)12-3-4-12/h1-2,6,8-12,19H,3-5,7H2,(H,25,26)/t19-/m1/s1. The van der Waals surface area contributed by atoms with Crippen LogP contribution in [0.25, 0.3) is 5.52 Å². The fourth-order valence-electron chi connectivity index (χ4n) is 4.10. The Labute approximate surface area is 170 Å². The second-order valence-electron chi connectivity index (χ2n) is 7.78. The molecule has 8 nitrogen and oxygen atoms in total. The average Bonchev–Trinajstić information content (AvgIpc) is 3.34. The van der Waals surface area contributed by atoms with E-state index in [1.165, 1.54) is 10.6 Å². The Morgan fingerprint density at radius 2 is 2.03 bits per heavy atom. The van der Waals surface area contributed by atoms with E-state index in [1.807, 2.05) is 4.90 Å². The van der Waals surface area contributed by atoms with Crippen LogP contribution in [-0.2, 0) is 6.42 Å². The molecule has 1 N–H and O–H groups in total. The van der Waals surface area contributed by atoms with Crippen molar-refractivity contribution in [3.05, 3.63) is 71.6 Å². The smallest absolute Gasteiger partial charge is 0.226 e. The molecule has 1 fully saturated rings. The number of H-pyrrole nitrogens is 1. The summed E-state index contributed by atoms with van der Waals surface area (Å²) in [5.74, 6) is 0.405. The molecule has 0 amide bonds. The number of nitrogens with zero attached hydrogens (tertiary/aromatic N) is 6. The zero-order valence-electron chi connectivity index (χ0n) is 16.0. The number of ketones is 1. The van der Waals surface area contributed by atoms with Crippen molar-refractivity contribution in [2.24, 2.45) is 5.92 Å². The Hall–Kier alpha value is -3.62. The van der Waals surface area contributed by atoms with Crippen LogP contribution in [0.15, 0.2) is 43.1 Å². The summed E-state index contributed by atoms with van der Waals surface area (Å²) in [4.78, 5) is 31.0. The predicted molar refractivity (Wildman–Crippen MR) is 106 cm³/mol. The fraction of sp³-hybridized carbons (Fsp3) is 0.286. The molecule has 9 heteroatoms. The first-order chi connectivity index (χ1) is 14.7. The summed E-state index contributed by atoms with van der Waals surface area (Å²) >= 11 is 0. The van der Waals surface area contributed by atoms with Crippen LogP contribution >= 0.6 is 0 Å². The lowest BCUT2D eigenvalue weighted by Gasteiger charge is -2.33. The Morgan fingerprint density at radius 1 is 1.20 bits per heavy atom. The minimum Gasteiger partial charge on any atom is -0.348 e. The van der Waals surface area contributed by atoms with Crippen molar-refractivity contribution in [2.45, 2.75) is 25.3 Å². The van der Waals surface area contributed by atoms with Gasteiger partial charge in [-0.25, -0.2) is 23.9 Å². The molecule has 1 atom stereocenters. The number of anilines is 1. The fourth-order valence-corrected chi connectivity index (χ4v) is 4.10. The molecular weight excluding hydrogens is 385 g/mol. The average molecular weight is 403 g/mol. The zero-order valence-corrected chi connectivity index (χ0v) is 16.0. The summed E-state index contributed by atoms with van der Waals surface area (Å²) in [5.41, 5.74) is 3.46. The van der Waals surface area contributed by atoms with Crippen molar-refractivity contribution in [3.8, 4) is 0 Å². The maximum absolute atomic E-state index is 14.3. The maximum atomic E-state index is 14.3. The molecule has 4 aromatic rings. The minimum atomic E-state index is -0.357. The van der Waals surface area contributed by atoms with Crippen LogP contribution in [0.1, 0.15) is 46.3 Å². The van der Waals surface area contributed by atoms with Crippen LogP contribution in [0, 0.1) is 11.7 Å². The van der Waals surface area contributed by atoms with Gasteiger partial charge in [0.1, 0.15) is 17.4 Å². The number of carbonyl (C=O) groups is 1. The van der Waals surface area contributed by atoms with Gasteiger partial charge in [0.05, 0.1) is 23.3 Å². The van der Waals surface area contributed by atoms with Gasteiger partial charge in [-0.1, -0.05) is 0 Å². The van der Waals surface area contributed by atoms with Gasteiger partial charge in [-0.15, -0.1) is 0 Å². The van der Waals surface area contributed by atoms with E-state index >= 15 is 0 Å². The number of nitrogens with one attached hydrogen (secondary N) is 1. The van der Waals surface area contributed by atoms with Gasteiger partial charge in [0.15, 0.2) is 5.78 Å². The second kappa shape index (κ2) is 6.45. The van der Waals surface area contributed by atoms with E-state index in [0.717, 1.165) is 30.7 Å². The Balaban J connectivity index is 1.42. The first-order valence-electron chi connectivity index (χ1n) is 9.98. The van der Waals surface area contributed by atoms with Crippen molar-refractivity contribution in [1.29, 1.82) is 0 Å². The topological polar surface area (TPSA) is 92.1 Å². The van der Waals surface area contributed by atoms with Gasteiger partial charge in [-0.05, 0) is 31.0 Å². The van der Waals surface area contributed by atoms with E-state index in [9.17, 15) is 9.18 Å². The van der Waals surface area contributed by atoms with E-state index in [0.29, 0.717) is 29.3 Å². The van der Waals surface area contributed by atoms with E-state index in [1.54, 1.807) is 37.1 Å². The summed E-state index contributed by atoms with van der Waals surface area (Å²) in [5, 5.41) is 4.60. The molecule has 0 spiro atoms. The number of halogens is 1. The summed E-state index contributed by atoms with van der Waals surface area (Å²) in [6.07, 6.45) is 9.22. The summed E-state index contributed by atoms with van der Waals surface area (Å²) < 4.78 is 15.8. The van der Waals surface area contributed by atoms with Crippen molar-refractivity contribution < 1.29 is 9.18 Å². The van der Waals surface area contributed by atoms with Crippen LogP contribution in [-0.4, -0.2) is 41.9 Å². The van der Waals surface area contributed by atoms with Gasteiger partial charge in [0.25, 0.3) is 0 Å². The molecule has 0 unspecified atom stereocenters. The van der Waals surface area contributed by atoms with Crippen LogP contribution < -0.4 is 4.90 Å². The third kappa shape index (κ3) is 2.69. The number of imidazole rings is 1. The van der Waals surface area contributed by atoms with Gasteiger partial charge in [-0.3, -0.25) is 4.79 Å². The number of aromatic amines is 1. The van der Waals surface area contributed by atoms with Gasteiger partial charge < -0.3 is 9.88 Å². The lowest BCUT2D eigenvalue weighted by Crippen LogP contribution is -2.37. The van der Waals surface area contributed by atoms with Gasteiger partial charge in [0.2, 0.25) is 5.95 Å². The molecule has 1 aliphatic carbocycles. The van der Waals surface area contributed by atoms with Crippen LogP contribution in [0.2, 0.25) is 0 Å². The molecule has 2 aliphatic rings. The largest absolute Gasteiger partial charge is 0.348 e. The van der Waals surface area contributed by atoms with Gasteiger partial charge in [0, 0.05) is 43.2 Å². The maximum Gasteiger partial charge on any atom is 0.226 e. The highest BCUT2D eigenvalue weighted by Crippen LogP contribution is 2.36. The molecule has 150 valence electrons. The van der Waals surface area contributed by atoms with Crippen LogP contribution in [0.4, 0.5) is 10.3 Å². The van der Waals surface area contributed by atoms with Crippen molar-refractivity contribution in [1.82, 2.24) is 29.5 Å². The number of aromatic nitrogens is 6. The van der Waals surface area contributed by atoms with E-state index < -0.39 is 0 Å². The van der Waals surface area contributed by atoms with Crippen molar-refractivity contribution >= 4 is 17.2 Å². The molecule has 0 bridgehead atoms. The highest BCUT2D eigenvalue weighted by molar-refractivity contribution is 5.98. The minimum absolute atomic E-state index is 0.113. The number of hydrogen-bond acceptors (Lipinski definition) is 6. The molecule has 0 saturated heterocycles.